The summed E-state index contributed by atoms with van der Waals surface area (Å²) in [6, 6.07) is 9.41. The van der Waals surface area contributed by atoms with Gasteiger partial charge < -0.3 is 0 Å². The van der Waals surface area contributed by atoms with E-state index in [1.807, 2.05) is 30.3 Å². The first-order chi connectivity index (χ1) is 6.17. The van der Waals surface area contributed by atoms with Crippen molar-refractivity contribution in [3.63, 3.8) is 0 Å². The van der Waals surface area contributed by atoms with Crippen LogP contribution in [0.4, 0.5) is 0 Å². The van der Waals surface area contributed by atoms with E-state index in [-0.39, 0.29) is 11.9 Å². The lowest BCUT2D eigenvalue weighted by atomic mass is 10.1. The molecule has 0 amide bonds. The van der Waals surface area contributed by atoms with Gasteiger partial charge in [-0.05, 0) is 12.0 Å². The third-order valence-corrected chi connectivity index (χ3v) is 3.33. The molecule has 0 N–H and O–H groups in total. The molecule has 0 unspecified atom stereocenters. The van der Waals surface area contributed by atoms with Crippen LogP contribution in [0.2, 0.25) is 0 Å². The first-order valence-corrected chi connectivity index (χ1v) is 5.71. The second-order valence-electron chi connectivity index (χ2n) is 3.05. The monoisotopic (exact) mass is 198 g/mol. The van der Waals surface area contributed by atoms with Gasteiger partial charge in [-0.2, -0.15) is 8.42 Å². The summed E-state index contributed by atoms with van der Waals surface area (Å²) in [7, 11) is -3.24. The van der Waals surface area contributed by atoms with E-state index < -0.39 is 10.1 Å². The molecule has 1 aromatic rings. The summed E-state index contributed by atoms with van der Waals surface area (Å²) in [6.07, 6.45) is 0.290. The number of benzene rings is 1. The summed E-state index contributed by atoms with van der Waals surface area (Å²) in [4.78, 5) is 0. The van der Waals surface area contributed by atoms with E-state index in [2.05, 4.69) is 0 Å². The van der Waals surface area contributed by atoms with Gasteiger partial charge >= 0.3 is 0 Å². The summed E-state index contributed by atoms with van der Waals surface area (Å²) in [5.41, 5.74) is 0.934. The first-order valence-electron chi connectivity index (χ1n) is 4.13. The Labute approximate surface area is 77.5 Å². The lowest BCUT2D eigenvalue weighted by molar-refractivity contribution is 0.242. The molecule has 3 nitrogen and oxygen atoms in total. The van der Waals surface area contributed by atoms with E-state index in [1.165, 1.54) is 0 Å². The van der Waals surface area contributed by atoms with Crippen LogP contribution in [0.15, 0.2) is 30.3 Å². The second kappa shape index (κ2) is 3.12. The van der Waals surface area contributed by atoms with Crippen molar-refractivity contribution in [1.29, 1.82) is 0 Å². The molecule has 1 saturated heterocycles. The molecule has 0 bridgehead atoms. The molecule has 0 aliphatic carbocycles. The molecule has 1 fully saturated rings. The topological polar surface area (TPSA) is 43.4 Å². The van der Waals surface area contributed by atoms with Gasteiger partial charge in [0.2, 0.25) is 0 Å². The Morgan fingerprint density at radius 2 is 1.92 bits per heavy atom. The van der Waals surface area contributed by atoms with Crippen molar-refractivity contribution < 1.29 is 12.6 Å². The van der Waals surface area contributed by atoms with E-state index in [1.54, 1.807) is 0 Å². The Morgan fingerprint density at radius 3 is 2.46 bits per heavy atom. The Balaban J connectivity index is 2.22. The molecule has 13 heavy (non-hydrogen) atoms. The van der Waals surface area contributed by atoms with Crippen molar-refractivity contribution in [2.45, 2.75) is 12.5 Å². The molecule has 0 saturated carbocycles. The maximum Gasteiger partial charge on any atom is 0.268 e. The third-order valence-electron chi connectivity index (χ3n) is 2.06. The van der Waals surface area contributed by atoms with E-state index in [9.17, 15) is 8.42 Å². The van der Waals surface area contributed by atoms with Crippen molar-refractivity contribution in [3.8, 4) is 0 Å². The van der Waals surface area contributed by atoms with Gasteiger partial charge in [0, 0.05) is 0 Å². The fourth-order valence-corrected chi connectivity index (χ4v) is 2.57. The highest BCUT2D eigenvalue weighted by atomic mass is 32.2. The molecule has 1 heterocycles. The summed E-state index contributed by atoms with van der Waals surface area (Å²) in [5, 5.41) is 0. The maximum atomic E-state index is 11.0. The van der Waals surface area contributed by atoms with E-state index in [0.717, 1.165) is 5.56 Å². The zero-order valence-corrected chi connectivity index (χ0v) is 7.83. The zero-order chi connectivity index (χ0) is 9.31. The molecular formula is C9H10O3S. The molecule has 2 rings (SSSR count). The average Bonchev–Trinajstić information content (AvgIpc) is 2.48. The minimum atomic E-state index is -3.24. The largest absolute Gasteiger partial charge is 0.268 e. The highest BCUT2D eigenvalue weighted by molar-refractivity contribution is 7.86. The summed E-state index contributed by atoms with van der Waals surface area (Å²) in [5.74, 6) is 0.132. The molecule has 70 valence electrons. The molecule has 0 spiro atoms. The van der Waals surface area contributed by atoms with Crippen LogP contribution in [0, 0.1) is 0 Å². The van der Waals surface area contributed by atoms with Crippen molar-refractivity contribution in [3.05, 3.63) is 35.9 Å². The Morgan fingerprint density at radius 1 is 1.23 bits per heavy atom. The number of hydrogen-bond donors (Lipinski definition) is 0. The minimum absolute atomic E-state index is 0.132. The van der Waals surface area contributed by atoms with Gasteiger partial charge in [0.25, 0.3) is 10.1 Å². The quantitative estimate of drug-likeness (QED) is 0.642. The SMILES string of the molecule is O=S1(=O)CC[C@@H](c2ccccc2)O1. The number of hydrogen-bond acceptors (Lipinski definition) is 3. The maximum absolute atomic E-state index is 11.0. The fraction of sp³-hybridized carbons (Fsp3) is 0.333. The minimum Gasteiger partial charge on any atom is -0.262 e. The standard InChI is InChI=1S/C9H10O3S/c10-13(11)7-6-9(12-13)8-4-2-1-3-5-8/h1-5,9H,6-7H2/t9-/m0/s1. The van der Waals surface area contributed by atoms with Gasteiger partial charge in [-0.25, -0.2) is 0 Å². The lowest BCUT2D eigenvalue weighted by Gasteiger charge is -2.06. The lowest BCUT2D eigenvalue weighted by Crippen LogP contribution is -2.00. The highest BCUT2D eigenvalue weighted by Crippen LogP contribution is 2.29. The van der Waals surface area contributed by atoms with Crippen molar-refractivity contribution >= 4 is 10.1 Å². The molecule has 1 aromatic carbocycles. The Hall–Kier alpha value is -0.870. The Bertz CT molecular complexity index is 383. The summed E-state index contributed by atoms with van der Waals surface area (Å²) < 4.78 is 26.9. The zero-order valence-electron chi connectivity index (χ0n) is 7.01. The molecule has 0 aromatic heterocycles. The second-order valence-corrected chi connectivity index (χ2v) is 4.76. The van der Waals surface area contributed by atoms with Gasteiger partial charge in [-0.1, -0.05) is 30.3 Å². The first kappa shape index (κ1) is 8.72. The van der Waals surface area contributed by atoms with Crippen molar-refractivity contribution in [1.82, 2.24) is 0 Å². The van der Waals surface area contributed by atoms with Crippen LogP contribution in [0.1, 0.15) is 18.1 Å². The normalized spacial score (nSPS) is 26.0. The highest BCUT2D eigenvalue weighted by Gasteiger charge is 2.29. The molecular weight excluding hydrogens is 188 g/mol. The summed E-state index contributed by atoms with van der Waals surface area (Å²) in [6.45, 7) is 0. The van der Waals surface area contributed by atoms with Crippen LogP contribution in [0.5, 0.6) is 0 Å². The van der Waals surface area contributed by atoms with E-state index >= 15 is 0 Å². The molecule has 1 atom stereocenters. The van der Waals surface area contributed by atoms with Crippen LogP contribution in [0.25, 0.3) is 0 Å². The van der Waals surface area contributed by atoms with Crippen LogP contribution in [0.3, 0.4) is 0 Å². The Kier molecular flexibility index (Phi) is 2.09. The predicted octanol–water partition coefficient (Wildman–Crippen LogP) is 1.48. The van der Waals surface area contributed by atoms with Gasteiger partial charge in [0.1, 0.15) is 6.10 Å². The van der Waals surface area contributed by atoms with E-state index in [0.29, 0.717) is 6.42 Å². The van der Waals surface area contributed by atoms with Crippen LogP contribution >= 0.6 is 0 Å². The third kappa shape index (κ3) is 1.89. The van der Waals surface area contributed by atoms with E-state index in [4.69, 9.17) is 4.18 Å². The van der Waals surface area contributed by atoms with Gasteiger partial charge in [0.05, 0.1) is 5.75 Å². The molecule has 4 heteroatoms. The van der Waals surface area contributed by atoms with Crippen LogP contribution in [-0.2, 0) is 14.3 Å². The average molecular weight is 198 g/mol. The fourth-order valence-electron chi connectivity index (χ4n) is 1.41. The van der Waals surface area contributed by atoms with Gasteiger partial charge in [-0.3, -0.25) is 4.18 Å². The van der Waals surface area contributed by atoms with Crippen molar-refractivity contribution in [2.75, 3.05) is 5.75 Å². The molecule has 0 radical (unpaired) electrons. The van der Waals surface area contributed by atoms with Gasteiger partial charge in [0.15, 0.2) is 0 Å². The summed E-state index contributed by atoms with van der Waals surface area (Å²) >= 11 is 0. The smallest absolute Gasteiger partial charge is 0.262 e. The molecule has 1 aliphatic heterocycles. The van der Waals surface area contributed by atoms with Gasteiger partial charge in [-0.15, -0.1) is 0 Å². The van der Waals surface area contributed by atoms with Crippen molar-refractivity contribution in [2.24, 2.45) is 0 Å². The predicted molar refractivity (Wildman–Crippen MR) is 48.7 cm³/mol. The van der Waals surface area contributed by atoms with Crippen LogP contribution < -0.4 is 0 Å². The molecule has 1 aliphatic rings. The number of rotatable bonds is 1. The van der Waals surface area contributed by atoms with Crippen LogP contribution in [-0.4, -0.2) is 14.2 Å².